The van der Waals surface area contributed by atoms with Crippen molar-refractivity contribution in [3.8, 4) is 0 Å². The summed E-state index contributed by atoms with van der Waals surface area (Å²) in [6, 6.07) is 14.2. The number of carbonyl (C=O) groups excluding carboxylic acids is 2. The van der Waals surface area contributed by atoms with E-state index in [1.54, 1.807) is 36.4 Å². The molecule has 0 spiro atoms. The fraction of sp³-hybridized carbons (Fsp3) is 0.120. The van der Waals surface area contributed by atoms with E-state index in [-0.39, 0.29) is 17.1 Å². The quantitative estimate of drug-likeness (QED) is 0.339. The number of hydrogen-bond acceptors (Lipinski definition) is 5. The molecule has 0 aliphatic heterocycles. The number of nitrogens with zero attached hydrogens (tertiary/aromatic N) is 2. The Kier molecular flexibility index (Phi) is 6.82. The molecule has 1 heterocycles. The zero-order chi connectivity index (χ0) is 25.9. The first-order valence-electron chi connectivity index (χ1n) is 10.5. The lowest BCUT2D eigenvalue weighted by molar-refractivity contribution is -0.139. The van der Waals surface area contributed by atoms with Crippen LogP contribution < -0.4 is 10.6 Å². The van der Waals surface area contributed by atoms with Crippen LogP contribution in [-0.2, 0) is 17.3 Å². The Labute approximate surface area is 202 Å². The van der Waals surface area contributed by atoms with Gasteiger partial charge in [0.05, 0.1) is 18.4 Å². The number of nitrogens with one attached hydrogen (secondary N) is 2. The summed E-state index contributed by atoms with van der Waals surface area (Å²) in [7, 11) is 1.24. The first-order chi connectivity index (χ1) is 17.1. The number of halogens is 4. The van der Waals surface area contributed by atoms with Crippen molar-refractivity contribution >= 4 is 34.3 Å². The summed E-state index contributed by atoms with van der Waals surface area (Å²) < 4.78 is 57.1. The van der Waals surface area contributed by atoms with Gasteiger partial charge in [0.2, 0.25) is 0 Å². The van der Waals surface area contributed by atoms with Crippen molar-refractivity contribution in [1.82, 2.24) is 9.97 Å². The Balaban J connectivity index is 1.56. The van der Waals surface area contributed by atoms with E-state index in [0.717, 1.165) is 17.0 Å². The topological polar surface area (TPSA) is 93.2 Å². The van der Waals surface area contributed by atoms with Crippen molar-refractivity contribution in [1.29, 1.82) is 0 Å². The number of carbonyl (C=O) groups is 2. The largest absolute Gasteiger partial charge is 0.453 e. The van der Waals surface area contributed by atoms with E-state index in [1.165, 1.54) is 13.4 Å². The summed E-state index contributed by atoms with van der Waals surface area (Å²) in [5, 5.41) is 6.16. The van der Waals surface area contributed by atoms with Crippen molar-refractivity contribution in [3.05, 3.63) is 95.2 Å². The molecule has 0 aliphatic carbocycles. The third kappa shape index (κ3) is 5.57. The van der Waals surface area contributed by atoms with E-state index < -0.39 is 29.6 Å². The Bertz CT molecular complexity index is 1460. The molecule has 1 aromatic heterocycles. The van der Waals surface area contributed by atoms with Crippen LogP contribution in [0.5, 0.6) is 0 Å². The van der Waals surface area contributed by atoms with Gasteiger partial charge in [-0.25, -0.2) is 19.2 Å². The van der Waals surface area contributed by atoms with Crippen molar-refractivity contribution in [3.63, 3.8) is 0 Å². The summed E-state index contributed by atoms with van der Waals surface area (Å²) >= 11 is 0. The van der Waals surface area contributed by atoms with Crippen LogP contribution in [0.1, 0.15) is 27.2 Å². The van der Waals surface area contributed by atoms with Crippen molar-refractivity contribution in [2.75, 3.05) is 17.7 Å². The van der Waals surface area contributed by atoms with Crippen LogP contribution >= 0.6 is 0 Å². The van der Waals surface area contributed by atoms with Crippen molar-refractivity contribution in [2.24, 2.45) is 0 Å². The van der Waals surface area contributed by atoms with Crippen LogP contribution in [0.25, 0.3) is 10.8 Å². The molecule has 2 N–H and O–H groups in total. The highest BCUT2D eigenvalue weighted by Crippen LogP contribution is 2.33. The molecule has 0 atom stereocenters. The highest BCUT2D eigenvalue weighted by Gasteiger charge is 2.34. The van der Waals surface area contributed by atoms with E-state index in [2.05, 4.69) is 25.3 Å². The van der Waals surface area contributed by atoms with Crippen LogP contribution in [0.4, 0.5) is 33.9 Å². The molecule has 0 saturated carbocycles. The Morgan fingerprint density at radius 2 is 1.78 bits per heavy atom. The molecule has 0 saturated heterocycles. The summed E-state index contributed by atoms with van der Waals surface area (Å²) in [4.78, 5) is 32.4. The molecule has 4 rings (SSSR count). The second-order valence-electron chi connectivity index (χ2n) is 7.70. The second-order valence-corrected chi connectivity index (χ2v) is 7.70. The average Bonchev–Trinajstić information content (AvgIpc) is 2.84. The van der Waals surface area contributed by atoms with Crippen molar-refractivity contribution < 1.29 is 31.9 Å². The molecule has 2 amide bonds. The number of methoxy groups -OCH3 is 1. The maximum absolute atomic E-state index is 13.6. The zero-order valence-corrected chi connectivity index (χ0v) is 18.7. The highest BCUT2D eigenvalue weighted by atomic mass is 19.4. The maximum atomic E-state index is 13.6. The lowest BCUT2D eigenvalue weighted by atomic mass is 9.99. The second kappa shape index (κ2) is 9.98. The number of aromatic nitrogens is 2. The molecule has 3 aromatic carbocycles. The predicted molar refractivity (Wildman–Crippen MR) is 124 cm³/mol. The van der Waals surface area contributed by atoms with E-state index in [4.69, 9.17) is 0 Å². The summed E-state index contributed by atoms with van der Waals surface area (Å²) in [5.74, 6) is -1.78. The minimum Gasteiger partial charge on any atom is -0.453 e. The molecule has 0 radical (unpaired) electrons. The molecular formula is C25H18F4N4O3. The monoisotopic (exact) mass is 498 g/mol. The minimum absolute atomic E-state index is 0.178. The van der Waals surface area contributed by atoms with Crippen LogP contribution in [0, 0.1) is 5.82 Å². The van der Waals surface area contributed by atoms with E-state index >= 15 is 0 Å². The van der Waals surface area contributed by atoms with Gasteiger partial charge in [-0.2, -0.15) is 13.2 Å². The van der Waals surface area contributed by atoms with Gasteiger partial charge in [0.1, 0.15) is 18.0 Å². The molecule has 36 heavy (non-hydrogen) atoms. The normalized spacial score (nSPS) is 11.2. The summed E-state index contributed by atoms with van der Waals surface area (Å²) in [5.41, 5.74) is 0.0843. The zero-order valence-electron chi connectivity index (χ0n) is 18.7. The molecule has 11 heteroatoms. The number of ether oxygens (including phenoxy) is 1. The van der Waals surface area contributed by atoms with Gasteiger partial charge >= 0.3 is 12.3 Å². The van der Waals surface area contributed by atoms with Gasteiger partial charge in [0.25, 0.3) is 5.91 Å². The molecule has 7 nitrogen and oxygen atoms in total. The van der Waals surface area contributed by atoms with E-state index in [0.29, 0.717) is 29.6 Å². The van der Waals surface area contributed by atoms with Crippen LogP contribution in [0.3, 0.4) is 0 Å². The van der Waals surface area contributed by atoms with Gasteiger partial charge in [-0.1, -0.05) is 30.3 Å². The van der Waals surface area contributed by atoms with Gasteiger partial charge in [0.15, 0.2) is 0 Å². The lowest BCUT2D eigenvalue weighted by Crippen LogP contribution is -2.14. The van der Waals surface area contributed by atoms with Crippen LogP contribution in [0.15, 0.2) is 67.0 Å². The predicted octanol–water partition coefficient (Wildman–Crippen LogP) is 5.81. The lowest BCUT2D eigenvalue weighted by Gasteiger charge is -2.12. The molecule has 0 aliphatic rings. The van der Waals surface area contributed by atoms with Crippen LogP contribution in [-0.4, -0.2) is 29.1 Å². The number of alkyl halides is 3. The Morgan fingerprint density at radius 1 is 0.972 bits per heavy atom. The minimum atomic E-state index is -4.89. The van der Waals surface area contributed by atoms with E-state index in [9.17, 15) is 27.2 Å². The summed E-state index contributed by atoms with van der Waals surface area (Å²) in [6.45, 7) is 0. The summed E-state index contributed by atoms with van der Waals surface area (Å²) in [6.07, 6.45) is -3.84. The van der Waals surface area contributed by atoms with Crippen molar-refractivity contribution in [2.45, 2.75) is 12.6 Å². The third-order valence-corrected chi connectivity index (χ3v) is 5.24. The molecule has 184 valence electrons. The van der Waals surface area contributed by atoms with Gasteiger partial charge < -0.3 is 10.1 Å². The molecular weight excluding hydrogens is 480 g/mol. The molecule has 0 fully saturated rings. The fourth-order valence-electron chi connectivity index (χ4n) is 3.59. The number of benzene rings is 3. The molecule has 0 unspecified atom stereocenters. The number of amides is 2. The van der Waals surface area contributed by atoms with Gasteiger partial charge in [0, 0.05) is 23.7 Å². The standard InChI is InChI=1S/C25H18F4N4O3/c1-36-24(35)33-22-12-17(30-13-31-22)10-14-5-7-18-15(9-14)3-2-4-19(18)23(34)32-16-6-8-21(26)20(11-16)25(27,28)29/h2-9,11-13H,10H2,1H3,(H,32,34)(H,30,31,33,35). The smallest absolute Gasteiger partial charge is 0.419 e. The van der Waals surface area contributed by atoms with E-state index in [1.807, 2.05) is 6.07 Å². The van der Waals surface area contributed by atoms with Crippen LogP contribution in [0.2, 0.25) is 0 Å². The number of anilines is 2. The van der Waals surface area contributed by atoms with Gasteiger partial charge in [-0.15, -0.1) is 0 Å². The van der Waals surface area contributed by atoms with Gasteiger partial charge in [-0.05, 0) is 40.6 Å². The molecule has 0 bridgehead atoms. The number of rotatable bonds is 5. The SMILES string of the molecule is COC(=O)Nc1cc(Cc2ccc3c(C(=O)Nc4ccc(F)c(C(F)(F)F)c4)cccc3c2)ncn1. The average molecular weight is 498 g/mol. The Hall–Kier alpha value is -4.54. The number of hydrogen-bond donors (Lipinski definition) is 2. The molecule has 4 aromatic rings. The highest BCUT2D eigenvalue weighted by molar-refractivity contribution is 6.13. The first-order valence-corrected chi connectivity index (χ1v) is 10.5. The first kappa shape index (κ1) is 24.6. The maximum Gasteiger partial charge on any atom is 0.419 e. The van der Waals surface area contributed by atoms with Gasteiger partial charge in [-0.3, -0.25) is 10.1 Å². The third-order valence-electron chi connectivity index (χ3n) is 5.24. The number of fused-ring (bicyclic) bond motifs is 1. The Morgan fingerprint density at radius 3 is 2.53 bits per heavy atom. The fourth-order valence-corrected chi connectivity index (χ4v) is 3.59.